The van der Waals surface area contributed by atoms with E-state index < -0.39 is 16.2 Å². The van der Waals surface area contributed by atoms with Crippen LogP contribution in [0.5, 0.6) is 0 Å². The van der Waals surface area contributed by atoms with Crippen molar-refractivity contribution in [3.63, 3.8) is 0 Å². The maximum atomic E-state index is 10.8. The third-order valence-corrected chi connectivity index (χ3v) is 2.35. The van der Waals surface area contributed by atoms with Crippen LogP contribution in [0.4, 0.5) is 0 Å². The Labute approximate surface area is 88.0 Å². The van der Waals surface area contributed by atoms with E-state index in [1.165, 1.54) is 6.20 Å². The van der Waals surface area contributed by atoms with Crippen LogP contribution >= 0.6 is 11.6 Å². The smallest absolute Gasteiger partial charge is 0.261 e. The Balaban J connectivity index is 2.80. The summed E-state index contributed by atoms with van der Waals surface area (Å²) in [5.41, 5.74) is 0.528. The molecule has 4 nitrogen and oxygen atoms in total. The molecule has 0 saturated carbocycles. The van der Waals surface area contributed by atoms with Gasteiger partial charge in [-0.1, -0.05) is 11.6 Å². The van der Waals surface area contributed by atoms with Crippen LogP contribution in [0.15, 0.2) is 18.3 Å². The monoisotopic (exact) mass is 235 g/mol. The topological polar surface area (TPSA) is 56.3 Å². The second-order valence-electron chi connectivity index (χ2n) is 2.84. The van der Waals surface area contributed by atoms with Gasteiger partial charge < -0.3 is 0 Å². The average Bonchev–Trinajstić information content (AvgIpc) is 2.02. The van der Waals surface area contributed by atoms with Crippen LogP contribution < -0.4 is 0 Å². The van der Waals surface area contributed by atoms with Gasteiger partial charge in [-0.3, -0.25) is 9.17 Å². The van der Waals surface area contributed by atoms with Crippen molar-refractivity contribution in [2.45, 2.75) is 13.0 Å². The maximum absolute atomic E-state index is 10.8. The highest BCUT2D eigenvalue weighted by Crippen LogP contribution is 2.17. The molecule has 0 radical (unpaired) electrons. The Kier molecular flexibility index (Phi) is 3.47. The second-order valence-corrected chi connectivity index (χ2v) is 4.88. The van der Waals surface area contributed by atoms with E-state index in [1.54, 1.807) is 19.1 Å². The highest BCUT2D eigenvalue weighted by molar-refractivity contribution is 7.86. The summed E-state index contributed by atoms with van der Waals surface area (Å²) in [5.74, 6) is 0. The molecule has 6 heteroatoms. The first-order chi connectivity index (χ1) is 6.38. The number of pyridine rings is 1. The minimum atomic E-state index is -3.45. The summed E-state index contributed by atoms with van der Waals surface area (Å²) in [7, 11) is -3.45. The van der Waals surface area contributed by atoms with Crippen molar-refractivity contribution in [1.82, 2.24) is 4.98 Å². The first-order valence-corrected chi connectivity index (χ1v) is 6.07. The minimum absolute atomic E-state index is 0.500. The van der Waals surface area contributed by atoms with Gasteiger partial charge in [0.25, 0.3) is 10.1 Å². The zero-order chi connectivity index (χ0) is 10.8. The number of hydrogen-bond donors (Lipinski definition) is 0. The first-order valence-electron chi connectivity index (χ1n) is 3.88. The molecule has 78 valence electrons. The molecule has 0 saturated heterocycles. The minimum Gasteiger partial charge on any atom is -0.261 e. The van der Waals surface area contributed by atoms with E-state index in [0.717, 1.165) is 6.26 Å². The Bertz CT molecular complexity index is 401. The van der Waals surface area contributed by atoms with Crippen LogP contribution in [0.2, 0.25) is 5.02 Å². The van der Waals surface area contributed by atoms with Crippen molar-refractivity contribution in [3.05, 3.63) is 29.0 Å². The zero-order valence-corrected chi connectivity index (χ0v) is 9.34. The van der Waals surface area contributed by atoms with E-state index in [2.05, 4.69) is 4.98 Å². The molecule has 0 spiro atoms. The van der Waals surface area contributed by atoms with Crippen molar-refractivity contribution < 1.29 is 12.6 Å². The SMILES string of the molecule is C[C@H](OS(C)(=O)=O)c1ccc(Cl)cn1. The van der Waals surface area contributed by atoms with E-state index in [1.807, 2.05) is 0 Å². The molecule has 1 heterocycles. The van der Waals surface area contributed by atoms with E-state index in [4.69, 9.17) is 15.8 Å². The number of hydrogen-bond acceptors (Lipinski definition) is 4. The van der Waals surface area contributed by atoms with Gasteiger partial charge >= 0.3 is 0 Å². The van der Waals surface area contributed by atoms with Crippen molar-refractivity contribution >= 4 is 21.7 Å². The summed E-state index contributed by atoms with van der Waals surface area (Å²) in [6.07, 6.45) is 1.85. The predicted molar refractivity (Wildman–Crippen MR) is 53.6 cm³/mol. The van der Waals surface area contributed by atoms with E-state index >= 15 is 0 Å². The molecule has 0 aliphatic carbocycles. The summed E-state index contributed by atoms with van der Waals surface area (Å²) < 4.78 is 26.3. The van der Waals surface area contributed by atoms with Gasteiger partial charge in [-0.05, 0) is 19.1 Å². The standard InChI is InChI=1S/C8H10ClNO3S/c1-6(13-14(2,11)12)8-4-3-7(9)5-10-8/h3-6H,1-2H3/t6-/m0/s1. The summed E-state index contributed by atoms with van der Waals surface area (Å²) in [4.78, 5) is 3.94. The number of halogens is 1. The van der Waals surface area contributed by atoms with Crippen LogP contribution in [0, 0.1) is 0 Å². The average molecular weight is 236 g/mol. The fourth-order valence-corrected chi connectivity index (χ4v) is 1.67. The maximum Gasteiger partial charge on any atom is 0.265 e. The van der Waals surface area contributed by atoms with E-state index in [9.17, 15) is 8.42 Å². The van der Waals surface area contributed by atoms with Crippen LogP contribution in [0.1, 0.15) is 18.7 Å². The highest BCUT2D eigenvalue weighted by Gasteiger charge is 2.13. The molecule has 0 aliphatic rings. The number of nitrogens with zero attached hydrogens (tertiary/aromatic N) is 1. The molecule has 0 bridgehead atoms. The molecule has 1 aromatic rings. The van der Waals surface area contributed by atoms with Crippen molar-refractivity contribution in [3.8, 4) is 0 Å². The highest BCUT2D eigenvalue weighted by atomic mass is 35.5. The molecule has 1 aromatic heterocycles. The van der Waals surface area contributed by atoms with Gasteiger partial charge in [-0.15, -0.1) is 0 Å². The Morgan fingerprint density at radius 3 is 2.57 bits per heavy atom. The molecule has 0 fully saturated rings. The van der Waals surface area contributed by atoms with Crippen LogP contribution in [-0.4, -0.2) is 19.7 Å². The molecule has 1 atom stereocenters. The van der Waals surface area contributed by atoms with Gasteiger partial charge in [-0.25, -0.2) is 0 Å². The summed E-state index contributed by atoms with van der Waals surface area (Å²) in [6, 6.07) is 3.25. The Hall–Kier alpha value is -0.650. The molecular weight excluding hydrogens is 226 g/mol. The van der Waals surface area contributed by atoms with Crippen molar-refractivity contribution in [2.24, 2.45) is 0 Å². The van der Waals surface area contributed by atoms with E-state index in [-0.39, 0.29) is 0 Å². The summed E-state index contributed by atoms with van der Waals surface area (Å²) >= 11 is 5.63. The van der Waals surface area contributed by atoms with Crippen molar-refractivity contribution in [2.75, 3.05) is 6.26 Å². The molecule has 14 heavy (non-hydrogen) atoms. The van der Waals surface area contributed by atoms with Gasteiger partial charge in [0.2, 0.25) is 0 Å². The Morgan fingerprint density at radius 1 is 1.50 bits per heavy atom. The molecule has 1 rings (SSSR count). The third-order valence-electron chi connectivity index (χ3n) is 1.49. The normalized spacial score (nSPS) is 13.9. The lowest BCUT2D eigenvalue weighted by atomic mass is 10.2. The largest absolute Gasteiger partial charge is 0.265 e. The molecular formula is C8H10ClNO3S. The number of aromatic nitrogens is 1. The predicted octanol–water partition coefficient (Wildman–Crippen LogP) is 1.77. The van der Waals surface area contributed by atoms with Crippen LogP contribution in [0.3, 0.4) is 0 Å². The van der Waals surface area contributed by atoms with E-state index in [0.29, 0.717) is 10.7 Å². The molecule has 0 aromatic carbocycles. The van der Waals surface area contributed by atoms with Gasteiger partial charge in [0.1, 0.15) is 6.10 Å². The fraction of sp³-hybridized carbons (Fsp3) is 0.375. The van der Waals surface area contributed by atoms with Gasteiger partial charge in [0.15, 0.2) is 0 Å². The first kappa shape index (κ1) is 11.4. The van der Waals surface area contributed by atoms with Gasteiger partial charge in [0, 0.05) is 6.20 Å². The summed E-state index contributed by atoms with van der Waals surface area (Å²) in [6.45, 7) is 1.61. The fourth-order valence-electron chi connectivity index (χ4n) is 0.939. The number of rotatable bonds is 3. The molecule has 0 N–H and O–H groups in total. The lowest BCUT2D eigenvalue weighted by Crippen LogP contribution is -2.08. The summed E-state index contributed by atoms with van der Waals surface area (Å²) in [5, 5.41) is 0.500. The lowest BCUT2D eigenvalue weighted by Gasteiger charge is -2.09. The second kappa shape index (κ2) is 4.25. The molecule has 0 amide bonds. The van der Waals surface area contributed by atoms with Gasteiger partial charge in [-0.2, -0.15) is 8.42 Å². The zero-order valence-electron chi connectivity index (χ0n) is 7.77. The lowest BCUT2D eigenvalue weighted by molar-refractivity contribution is 0.232. The third kappa shape index (κ3) is 3.61. The van der Waals surface area contributed by atoms with Crippen molar-refractivity contribution in [1.29, 1.82) is 0 Å². The molecule has 0 unspecified atom stereocenters. The van der Waals surface area contributed by atoms with Crippen LogP contribution in [0.25, 0.3) is 0 Å². The van der Waals surface area contributed by atoms with Gasteiger partial charge in [0.05, 0.1) is 17.0 Å². The van der Waals surface area contributed by atoms with Crippen LogP contribution in [-0.2, 0) is 14.3 Å². The Morgan fingerprint density at radius 2 is 2.14 bits per heavy atom. The molecule has 0 aliphatic heterocycles. The quantitative estimate of drug-likeness (QED) is 0.750.